The molecular formula is C20H22N4O3. The molecule has 0 aliphatic heterocycles. The number of amides is 2. The fourth-order valence-corrected chi connectivity index (χ4v) is 2.60. The largest absolute Gasteiger partial charge is 0.497 e. The molecule has 27 heavy (non-hydrogen) atoms. The molecule has 0 saturated heterocycles. The molecule has 7 heteroatoms. The first-order valence-corrected chi connectivity index (χ1v) is 8.50. The van der Waals surface area contributed by atoms with E-state index in [0.717, 1.165) is 17.7 Å². The summed E-state index contributed by atoms with van der Waals surface area (Å²) < 4.78 is 12.3. The van der Waals surface area contributed by atoms with E-state index >= 15 is 0 Å². The number of nitrogens with one attached hydrogen (secondary N) is 2. The topological polar surface area (TPSA) is 77.4 Å². The maximum absolute atomic E-state index is 12.2. The van der Waals surface area contributed by atoms with Crippen molar-refractivity contribution in [1.82, 2.24) is 15.1 Å². The van der Waals surface area contributed by atoms with Crippen LogP contribution in [0.15, 0.2) is 60.9 Å². The van der Waals surface area contributed by atoms with Crippen molar-refractivity contribution in [3.05, 3.63) is 72.1 Å². The Bertz CT molecular complexity index is 877. The molecule has 1 aromatic heterocycles. The lowest BCUT2D eigenvalue weighted by atomic mass is 10.1. The molecule has 2 N–H and O–H groups in total. The van der Waals surface area contributed by atoms with E-state index in [1.807, 2.05) is 41.2 Å². The fraction of sp³-hybridized carbons (Fsp3) is 0.200. The second-order valence-electron chi connectivity index (χ2n) is 5.89. The Hall–Kier alpha value is -3.48. The van der Waals surface area contributed by atoms with Gasteiger partial charge >= 0.3 is 6.03 Å². The van der Waals surface area contributed by atoms with Crippen LogP contribution in [0, 0.1) is 0 Å². The van der Waals surface area contributed by atoms with Gasteiger partial charge in [0.15, 0.2) is 0 Å². The van der Waals surface area contributed by atoms with Crippen LogP contribution in [0.1, 0.15) is 11.1 Å². The van der Waals surface area contributed by atoms with Crippen LogP contribution in [0.5, 0.6) is 11.5 Å². The van der Waals surface area contributed by atoms with Crippen LogP contribution in [-0.4, -0.2) is 30.0 Å². The maximum atomic E-state index is 12.2. The molecule has 0 atom stereocenters. The van der Waals surface area contributed by atoms with Crippen molar-refractivity contribution in [3.8, 4) is 11.5 Å². The Morgan fingerprint density at radius 1 is 1.07 bits per heavy atom. The van der Waals surface area contributed by atoms with Gasteiger partial charge in [0.25, 0.3) is 0 Å². The SMILES string of the molecule is COc1ccc(OC)c(NC(=O)NCc2ccc(Cn3cccn3)cc2)c1. The van der Waals surface area contributed by atoms with E-state index in [9.17, 15) is 4.79 Å². The summed E-state index contributed by atoms with van der Waals surface area (Å²) in [7, 11) is 3.12. The Balaban J connectivity index is 1.54. The van der Waals surface area contributed by atoms with Crippen LogP contribution in [0.4, 0.5) is 10.5 Å². The third kappa shape index (κ3) is 5.01. The number of carbonyl (C=O) groups excluding carboxylic acids is 1. The van der Waals surface area contributed by atoms with Crippen molar-refractivity contribution in [1.29, 1.82) is 0 Å². The molecule has 7 nitrogen and oxygen atoms in total. The van der Waals surface area contributed by atoms with Crippen LogP contribution < -0.4 is 20.1 Å². The first-order valence-electron chi connectivity index (χ1n) is 8.50. The van der Waals surface area contributed by atoms with Gasteiger partial charge in [0.2, 0.25) is 0 Å². The minimum absolute atomic E-state index is 0.317. The zero-order valence-corrected chi connectivity index (χ0v) is 15.3. The highest BCUT2D eigenvalue weighted by atomic mass is 16.5. The molecule has 3 aromatic rings. The van der Waals surface area contributed by atoms with E-state index < -0.39 is 0 Å². The van der Waals surface area contributed by atoms with Gasteiger partial charge in [-0.05, 0) is 29.3 Å². The Kier molecular flexibility index (Phi) is 5.94. The number of hydrogen-bond donors (Lipinski definition) is 2. The summed E-state index contributed by atoms with van der Waals surface area (Å²) in [6.07, 6.45) is 3.68. The van der Waals surface area contributed by atoms with E-state index in [0.29, 0.717) is 23.7 Å². The molecule has 1 heterocycles. The fourth-order valence-electron chi connectivity index (χ4n) is 2.60. The molecular weight excluding hydrogens is 344 g/mol. The molecule has 0 unspecified atom stereocenters. The molecule has 0 spiro atoms. The van der Waals surface area contributed by atoms with E-state index in [4.69, 9.17) is 9.47 Å². The van der Waals surface area contributed by atoms with Gasteiger partial charge in [0.1, 0.15) is 11.5 Å². The Morgan fingerprint density at radius 3 is 2.52 bits per heavy atom. The summed E-state index contributed by atoms with van der Waals surface area (Å²) in [5, 5.41) is 9.81. The molecule has 0 saturated carbocycles. The first kappa shape index (κ1) is 18.3. The summed E-state index contributed by atoms with van der Waals surface area (Å²) >= 11 is 0. The third-order valence-electron chi connectivity index (χ3n) is 4.03. The van der Waals surface area contributed by atoms with Gasteiger partial charge in [-0.2, -0.15) is 5.10 Å². The smallest absolute Gasteiger partial charge is 0.319 e. The van der Waals surface area contributed by atoms with Crippen molar-refractivity contribution in [2.75, 3.05) is 19.5 Å². The van der Waals surface area contributed by atoms with Gasteiger partial charge in [-0.3, -0.25) is 4.68 Å². The lowest BCUT2D eigenvalue weighted by Crippen LogP contribution is -2.28. The van der Waals surface area contributed by atoms with Crippen LogP contribution in [0.25, 0.3) is 0 Å². The summed E-state index contributed by atoms with van der Waals surface area (Å²) in [4.78, 5) is 12.2. The van der Waals surface area contributed by atoms with Crippen LogP contribution >= 0.6 is 0 Å². The minimum atomic E-state index is -0.317. The van der Waals surface area contributed by atoms with Gasteiger partial charge in [0, 0.05) is 25.0 Å². The summed E-state index contributed by atoms with van der Waals surface area (Å²) in [5.74, 6) is 1.20. The predicted molar refractivity (Wildman–Crippen MR) is 103 cm³/mol. The molecule has 140 valence electrons. The highest BCUT2D eigenvalue weighted by Crippen LogP contribution is 2.28. The zero-order valence-electron chi connectivity index (χ0n) is 15.3. The monoisotopic (exact) mass is 366 g/mol. The zero-order chi connectivity index (χ0) is 19.1. The minimum Gasteiger partial charge on any atom is -0.497 e. The van der Waals surface area contributed by atoms with E-state index in [1.165, 1.54) is 0 Å². The average molecular weight is 366 g/mol. The number of urea groups is 1. The van der Waals surface area contributed by atoms with Crippen molar-refractivity contribution < 1.29 is 14.3 Å². The highest BCUT2D eigenvalue weighted by Gasteiger charge is 2.09. The average Bonchev–Trinajstić information content (AvgIpc) is 3.20. The lowest BCUT2D eigenvalue weighted by Gasteiger charge is -2.12. The van der Waals surface area contributed by atoms with Gasteiger partial charge in [-0.1, -0.05) is 24.3 Å². The Morgan fingerprint density at radius 2 is 1.85 bits per heavy atom. The van der Waals surface area contributed by atoms with E-state index in [2.05, 4.69) is 15.7 Å². The van der Waals surface area contributed by atoms with Gasteiger partial charge in [-0.15, -0.1) is 0 Å². The van der Waals surface area contributed by atoms with Crippen LogP contribution in [-0.2, 0) is 13.1 Å². The number of carbonyl (C=O) groups is 1. The number of benzene rings is 2. The second kappa shape index (κ2) is 8.75. The number of aromatic nitrogens is 2. The van der Waals surface area contributed by atoms with Gasteiger partial charge in [-0.25, -0.2) is 4.79 Å². The molecule has 2 aromatic carbocycles. The Labute approximate surface area is 157 Å². The summed E-state index contributed by atoms with van der Waals surface area (Å²) in [5.41, 5.74) is 2.70. The van der Waals surface area contributed by atoms with Gasteiger partial charge in [0.05, 0.1) is 26.5 Å². The molecule has 2 amide bonds. The number of hydrogen-bond acceptors (Lipinski definition) is 4. The molecule has 0 aliphatic carbocycles. The van der Waals surface area contributed by atoms with Crippen molar-refractivity contribution in [3.63, 3.8) is 0 Å². The normalized spacial score (nSPS) is 10.3. The van der Waals surface area contributed by atoms with Crippen molar-refractivity contribution in [2.24, 2.45) is 0 Å². The van der Waals surface area contributed by atoms with E-state index in [-0.39, 0.29) is 6.03 Å². The van der Waals surface area contributed by atoms with Crippen LogP contribution in [0.3, 0.4) is 0 Å². The summed E-state index contributed by atoms with van der Waals surface area (Å²) in [6, 6.07) is 14.8. The standard InChI is InChI=1S/C20H22N4O3/c1-26-17-8-9-19(27-2)18(12-17)23-20(25)21-13-15-4-6-16(7-5-15)14-24-11-3-10-22-24/h3-12H,13-14H2,1-2H3,(H2,21,23,25). The number of ether oxygens (including phenoxy) is 2. The second-order valence-corrected chi connectivity index (χ2v) is 5.89. The van der Waals surface area contributed by atoms with E-state index in [1.54, 1.807) is 38.6 Å². The molecule has 0 aliphatic rings. The number of nitrogens with zero attached hydrogens (tertiary/aromatic N) is 2. The molecule has 0 bridgehead atoms. The first-order chi connectivity index (χ1) is 13.2. The van der Waals surface area contributed by atoms with Gasteiger partial charge < -0.3 is 20.1 Å². The number of anilines is 1. The molecule has 3 rings (SSSR count). The lowest BCUT2D eigenvalue weighted by molar-refractivity contribution is 0.251. The van der Waals surface area contributed by atoms with Crippen LogP contribution in [0.2, 0.25) is 0 Å². The predicted octanol–water partition coefficient (Wildman–Crippen LogP) is 3.27. The summed E-state index contributed by atoms with van der Waals surface area (Å²) in [6.45, 7) is 1.14. The quantitative estimate of drug-likeness (QED) is 0.673. The number of methoxy groups -OCH3 is 2. The molecule has 0 fully saturated rings. The highest BCUT2D eigenvalue weighted by molar-refractivity contribution is 5.91. The van der Waals surface area contributed by atoms with Crippen molar-refractivity contribution >= 4 is 11.7 Å². The van der Waals surface area contributed by atoms with Crippen molar-refractivity contribution in [2.45, 2.75) is 13.1 Å². The third-order valence-corrected chi connectivity index (χ3v) is 4.03. The number of rotatable bonds is 7. The maximum Gasteiger partial charge on any atom is 0.319 e. The molecule has 0 radical (unpaired) electrons.